The van der Waals surface area contributed by atoms with Gasteiger partial charge in [-0.2, -0.15) is 0 Å². The van der Waals surface area contributed by atoms with Gasteiger partial charge in [0.15, 0.2) is 0 Å². The van der Waals surface area contributed by atoms with E-state index in [0.717, 1.165) is 44.8 Å². The number of hydrogen-bond acceptors (Lipinski definition) is 5. The van der Waals surface area contributed by atoms with Crippen molar-refractivity contribution in [2.75, 3.05) is 43.6 Å². The summed E-state index contributed by atoms with van der Waals surface area (Å²) in [5, 5.41) is 3.30. The van der Waals surface area contributed by atoms with Crippen molar-refractivity contribution in [1.82, 2.24) is 0 Å². The molecule has 0 spiro atoms. The monoisotopic (exact) mass is 290 g/mol. The van der Waals surface area contributed by atoms with E-state index in [0.29, 0.717) is 5.92 Å². The van der Waals surface area contributed by atoms with Crippen LogP contribution in [0.25, 0.3) is 0 Å². The summed E-state index contributed by atoms with van der Waals surface area (Å²) in [6.45, 7) is 3.43. The number of rotatable bonds is 5. The minimum absolute atomic E-state index is 0.172. The van der Waals surface area contributed by atoms with Crippen molar-refractivity contribution in [3.8, 4) is 0 Å². The molecule has 1 aromatic carbocycles. The lowest BCUT2D eigenvalue weighted by atomic mass is 10.1. The second-order valence-corrected chi connectivity index (χ2v) is 5.63. The van der Waals surface area contributed by atoms with Crippen LogP contribution < -0.4 is 10.2 Å². The Kier molecular flexibility index (Phi) is 4.29. The van der Waals surface area contributed by atoms with Gasteiger partial charge in [-0.3, -0.25) is 0 Å². The molecule has 2 aliphatic rings. The topological polar surface area (TPSA) is 50.8 Å². The maximum absolute atomic E-state index is 11.8. The van der Waals surface area contributed by atoms with Crippen LogP contribution in [0.5, 0.6) is 0 Å². The average molecular weight is 290 g/mol. The number of ether oxygens (including phenoxy) is 2. The first-order valence-corrected chi connectivity index (χ1v) is 7.55. The SMILES string of the molecule is COC(=O)C(Nc1ccc(N2CCOCC2)cc1)C1CC1. The third-order valence-corrected chi connectivity index (χ3v) is 4.11. The number of morpholine rings is 1. The van der Waals surface area contributed by atoms with Gasteiger partial charge >= 0.3 is 5.97 Å². The zero-order valence-electron chi connectivity index (χ0n) is 12.4. The van der Waals surface area contributed by atoms with Crippen molar-refractivity contribution in [1.29, 1.82) is 0 Å². The summed E-state index contributed by atoms with van der Waals surface area (Å²) in [5.41, 5.74) is 2.17. The van der Waals surface area contributed by atoms with Crippen LogP contribution in [-0.4, -0.2) is 45.4 Å². The van der Waals surface area contributed by atoms with Crippen LogP contribution in [0.2, 0.25) is 0 Å². The van der Waals surface area contributed by atoms with Crippen LogP contribution >= 0.6 is 0 Å². The van der Waals surface area contributed by atoms with Gasteiger partial charge < -0.3 is 19.7 Å². The minimum atomic E-state index is -0.218. The number of nitrogens with one attached hydrogen (secondary N) is 1. The maximum Gasteiger partial charge on any atom is 0.328 e. The van der Waals surface area contributed by atoms with E-state index in [2.05, 4.69) is 22.3 Å². The largest absolute Gasteiger partial charge is 0.467 e. The van der Waals surface area contributed by atoms with Crippen LogP contribution in [0.3, 0.4) is 0 Å². The molecule has 21 heavy (non-hydrogen) atoms. The van der Waals surface area contributed by atoms with Gasteiger partial charge in [-0.25, -0.2) is 4.79 Å². The molecule has 5 heteroatoms. The fraction of sp³-hybridized carbons (Fsp3) is 0.562. The van der Waals surface area contributed by atoms with Gasteiger partial charge in [0.05, 0.1) is 20.3 Å². The quantitative estimate of drug-likeness (QED) is 0.839. The number of esters is 1. The summed E-state index contributed by atoms with van der Waals surface area (Å²) in [7, 11) is 1.45. The minimum Gasteiger partial charge on any atom is -0.467 e. The zero-order chi connectivity index (χ0) is 14.7. The predicted octanol–water partition coefficient (Wildman–Crippen LogP) is 1.89. The summed E-state index contributed by atoms with van der Waals surface area (Å²) < 4.78 is 10.2. The van der Waals surface area contributed by atoms with Crippen molar-refractivity contribution < 1.29 is 14.3 Å². The normalized spacial score (nSPS) is 20.0. The molecule has 1 N–H and O–H groups in total. The lowest BCUT2D eigenvalue weighted by molar-refractivity contribution is -0.142. The highest BCUT2D eigenvalue weighted by molar-refractivity contribution is 5.80. The van der Waals surface area contributed by atoms with Gasteiger partial charge in [0.2, 0.25) is 0 Å². The molecule has 1 saturated carbocycles. The Morgan fingerprint density at radius 3 is 2.52 bits per heavy atom. The summed E-state index contributed by atoms with van der Waals surface area (Å²) in [5.74, 6) is 0.242. The maximum atomic E-state index is 11.8. The summed E-state index contributed by atoms with van der Waals surface area (Å²) >= 11 is 0. The van der Waals surface area contributed by atoms with Gasteiger partial charge in [-0.15, -0.1) is 0 Å². The summed E-state index contributed by atoms with van der Waals surface area (Å²) in [6.07, 6.45) is 2.19. The van der Waals surface area contributed by atoms with Gasteiger partial charge in [-0.1, -0.05) is 0 Å². The molecule has 0 aromatic heterocycles. The molecule has 1 atom stereocenters. The van der Waals surface area contributed by atoms with Crippen molar-refractivity contribution in [2.24, 2.45) is 5.92 Å². The Labute approximate surface area is 125 Å². The van der Waals surface area contributed by atoms with Crippen LogP contribution in [-0.2, 0) is 14.3 Å². The third-order valence-electron chi connectivity index (χ3n) is 4.11. The molecule has 1 unspecified atom stereocenters. The van der Waals surface area contributed by atoms with Crippen molar-refractivity contribution >= 4 is 17.3 Å². The number of nitrogens with zero attached hydrogens (tertiary/aromatic N) is 1. The molecule has 0 bridgehead atoms. The molecule has 1 saturated heterocycles. The number of hydrogen-bond donors (Lipinski definition) is 1. The highest BCUT2D eigenvalue weighted by Crippen LogP contribution is 2.35. The van der Waals surface area contributed by atoms with Crippen molar-refractivity contribution in [2.45, 2.75) is 18.9 Å². The molecule has 1 heterocycles. The molecule has 3 rings (SSSR count). The Bertz CT molecular complexity index is 479. The molecule has 1 aliphatic carbocycles. The van der Waals surface area contributed by atoms with Crippen LogP contribution in [0.15, 0.2) is 24.3 Å². The second-order valence-electron chi connectivity index (χ2n) is 5.63. The van der Waals surface area contributed by atoms with E-state index >= 15 is 0 Å². The van der Waals surface area contributed by atoms with Crippen LogP contribution in [0.1, 0.15) is 12.8 Å². The first-order valence-electron chi connectivity index (χ1n) is 7.55. The Balaban J connectivity index is 1.64. The number of benzene rings is 1. The fourth-order valence-electron chi connectivity index (χ4n) is 2.70. The molecule has 5 nitrogen and oxygen atoms in total. The van der Waals surface area contributed by atoms with Crippen molar-refractivity contribution in [3.63, 3.8) is 0 Å². The van der Waals surface area contributed by atoms with Gasteiger partial charge in [0, 0.05) is 24.5 Å². The molecule has 114 valence electrons. The Morgan fingerprint density at radius 2 is 1.95 bits per heavy atom. The molecule has 0 radical (unpaired) electrons. The average Bonchev–Trinajstić information content (AvgIpc) is 3.38. The molecular formula is C16H22N2O3. The van der Waals surface area contributed by atoms with Gasteiger partial charge in [0.1, 0.15) is 6.04 Å². The highest BCUT2D eigenvalue weighted by Gasteiger charge is 2.36. The first-order chi connectivity index (χ1) is 10.3. The first kappa shape index (κ1) is 14.2. The van der Waals surface area contributed by atoms with Crippen LogP contribution in [0.4, 0.5) is 11.4 Å². The highest BCUT2D eigenvalue weighted by atomic mass is 16.5. The third kappa shape index (κ3) is 3.47. The van der Waals surface area contributed by atoms with Crippen LogP contribution in [0, 0.1) is 5.92 Å². The molecule has 0 amide bonds. The predicted molar refractivity (Wildman–Crippen MR) is 81.6 cm³/mol. The molecule has 1 aromatic rings. The van der Waals surface area contributed by atoms with Gasteiger partial charge in [0.25, 0.3) is 0 Å². The molecular weight excluding hydrogens is 268 g/mol. The smallest absolute Gasteiger partial charge is 0.328 e. The van der Waals surface area contributed by atoms with E-state index in [1.807, 2.05) is 12.1 Å². The second kappa shape index (κ2) is 6.35. The van der Waals surface area contributed by atoms with E-state index < -0.39 is 0 Å². The van der Waals surface area contributed by atoms with E-state index in [1.165, 1.54) is 12.8 Å². The van der Waals surface area contributed by atoms with E-state index in [4.69, 9.17) is 9.47 Å². The lowest BCUT2D eigenvalue weighted by Gasteiger charge is -2.29. The summed E-state index contributed by atoms with van der Waals surface area (Å²) in [6, 6.07) is 8.03. The number of carbonyl (C=O) groups is 1. The lowest BCUT2D eigenvalue weighted by Crippen LogP contribution is -2.36. The fourth-order valence-corrected chi connectivity index (χ4v) is 2.70. The van der Waals surface area contributed by atoms with E-state index in [9.17, 15) is 4.79 Å². The number of anilines is 2. The number of carbonyl (C=O) groups excluding carboxylic acids is 1. The zero-order valence-corrected chi connectivity index (χ0v) is 12.4. The Hall–Kier alpha value is -1.75. The molecule has 2 fully saturated rings. The standard InChI is InChI=1S/C16H22N2O3/c1-20-16(19)15(12-2-3-12)17-13-4-6-14(7-5-13)18-8-10-21-11-9-18/h4-7,12,15,17H,2-3,8-11H2,1H3. The molecule has 1 aliphatic heterocycles. The number of methoxy groups -OCH3 is 1. The van der Waals surface area contributed by atoms with E-state index in [-0.39, 0.29) is 12.0 Å². The Morgan fingerprint density at radius 1 is 1.29 bits per heavy atom. The van der Waals surface area contributed by atoms with Crippen molar-refractivity contribution in [3.05, 3.63) is 24.3 Å². The van der Waals surface area contributed by atoms with Gasteiger partial charge in [-0.05, 0) is 43.0 Å². The van der Waals surface area contributed by atoms with E-state index in [1.54, 1.807) is 0 Å². The summed E-state index contributed by atoms with van der Waals surface area (Å²) in [4.78, 5) is 14.1.